The van der Waals surface area contributed by atoms with Gasteiger partial charge in [-0.2, -0.15) is 4.79 Å². The van der Waals surface area contributed by atoms with Crippen molar-refractivity contribution in [2.45, 2.75) is 30.6 Å². The molecule has 1 aromatic carbocycles. The second kappa shape index (κ2) is 9.72. The Hall–Kier alpha value is -3.10. The number of amides is 1. The van der Waals surface area contributed by atoms with Gasteiger partial charge in [0.1, 0.15) is 11.3 Å². The van der Waals surface area contributed by atoms with E-state index in [2.05, 4.69) is 15.1 Å². The van der Waals surface area contributed by atoms with Crippen LogP contribution in [0.3, 0.4) is 0 Å². The van der Waals surface area contributed by atoms with Crippen LogP contribution in [0.1, 0.15) is 18.4 Å². The van der Waals surface area contributed by atoms with Crippen LogP contribution in [0.25, 0.3) is 16.4 Å². The van der Waals surface area contributed by atoms with Crippen LogP contribution >= 0.6 is 0 Å². The molecule has 3 unspecified atom stereocenters. The molecule has 1 heterocycles. The molecule has 0 bridgehead atoms. The lowest BCUT2D eigenvalue weighted by Crippen LogP contribution is -2.47. The van der Waals surface area contributed by atoms with Crippen molar-refractivity contribution in [3.8, 4) is 0 Å². The Balaban J connectivity index is 2.12. The van der Waals surface area contributed by atoms with Gasteiger partial charge in [0.05, 0.1) is 0 Å². The van der Waals surface area contributed by atoms with Crippen molar-refractivity contribution in [1.82, 2.24) is 10.3 Å². The number of hydrogen-bond donors (Lipinski definition) is 3. The van der Waals surface area contributed by atoms with Crippen LogP contribution in [0.4, 0.5) is 0 Å². The van der Waals surface area contributed by atoms with E-state index in [9.17, 15) is 23.7 Å². The fourth-order valence-electron chi connectivity index (χ4n) is 2.80. The highest BCUT2D eigenvalue weighted by Crippen LogP contribution is 2.20. The number of carbonyl (C=O) groups is 3. The number of rotatable bonds is 10. The molecule has 0 aliphatic rings. The maximum Gasteiger partial charge on any atom is 0.326 e. The number of H-pyrrole nitrogens is 1. The smallest absolute Gasteiger partial charge is 0.326 e. The third kappa shape index (κ3) is 5.45. The minimum atomic E-state index is -1.55. The topological polar surface area (TPSA) is 153 Å². The van der Waals surface area contributed by atoms with E-state index in [-0.39, 0.29) is 19.3 Å². The fourth-order valence-corrected chi connectivity index (χ4v) is 3.58. The summed E-state index contributed by atoms with van der Waals surface area (Å²) in [6.45, 7) is 0. The molecule has 148 valence electrons. The van der Waals surface area contributed by atoms with Crippen LogP contribution in [0, 0.1) is 0 Å². The molecule has 0 aliphatic heterocycles. The van der Waals surface area contributed by atoms with Crippen molar-refractivity contribution < 1.29 is 28.5 Å². The molecule has 2 rings (SSSR count). The highest BCUT2D eigenvalue weighted by atomic mass is 32.2. The van der Waals surface area contributed by atoms with Crippen molar-refractivity contribution in [2.75, 3.05) is 6.26 Å². The van der Waals surface area contributed by atoms with Gasteiger partial charge in [0.25, 0.3) is 0 Å². The lowest BCUT2D eigenvalue weighted by Gasteiger charge is -2.18. The number of carboxylic acids is 1. The molecule has 9 nitrogen and oxygen atoms in total. The van der Waals surface area contributed by atoms with Crippen molar-refractivity contribution in [1.29, 1.82) is 0 Å². The minimum Gasteiger partial charge on any atom is -0.480 e. The molecule has 3 atom stereocenters. The maximum absolute atomic E-state index is 12.6. The zero-order valence-electron chi connectivity index (χ0n) is 15.1. The van der Waals surface area contributed by atoms with Crippen LogP contribution in [0.2, 0.25) is 0 Å². The molecule has 0 fully saturated rings. The van der Waals surface area contributed by atoms with Crippen molar-refractivity contribution in [3.63, 3.8) is 0 Å². The van der Waals surface area contributed by atoms with E-state index < -0.39 is 39.8 Å². The number of ketones is 1. The van der Waals surface area contributed by atoms with E-state index in [0.29, 0.717) is 6.21 Å². The molecule has 0 saturated carbocycles. The Morgan fingerprint density at radius 2 is 2.07 bits per heavy atom. The summed E-state index contributed by atoms with van der Waals surface area (Å²) in [5.74, 6) is -2.55. The van der Waals surface area contributed by atoms with Crippen LogP contribution < -0.4 is 5.32 Å². The molecule has 3 N–H and O–H groups in total. The quantitative estimate of drug-likeness (QED) is 0.302. The third-order valence-corrected chi connectivity index (χ3v) is 5.45. The van der Waals surface area contributed by atoms with Crippen LogP contribution in [-0.4, -0.2) is 60.5 Å². The largest absolute Gasteiger partial charge is 0.480 e. The van der Waals surface area contributed by atoms with Gasteiger partial charge < -0.3 is 20.9 Å². The number of Topliss-reactive ketones (excluding diaryl/α,β-unsaturated/α-hetero) is 1. The number of aromatic amines is 1. The van der Waals surface area contributed by atoms with Gasteiger partial charge in [-0.05, 0) is 24.5 Å². The first-order valence-electron chi connectivity index (χ1n) is 8.44. The van der Waals surface area contributed by atoms with Gasteiger partial charge in [0.2, 0.25) is 11.7 Å². The predicted octanol–water partition coefficient (Wildman–Crippen LogP) is 0.677. The Morgan fingerprint density at radius 3 is 2.71 bits per heavy atom. The number of carboxylic acid groups (broad SMARTS) is 1. The number of hydrogen-bond acceptors (Lipinski definition) is 4. The summed E-state index contributed by atoms with van der Waals surface area (Å²) in [5.41, 5.74) is 9.99. The first kappa shape index (κ1) is 21.2. The summed E-state index contributed by atoms with van der Waals surface area (Å²) >= 11 is 0. The van der Waals surface area contributed by atoms with E-state index in [1.54, 1.807) is 6.20 Å². The first-order valence-corrected chi connectivity index (χ1v) is 10.1. The number of fused-ring (bicyclic) bond motifs is 1. The standard InChI is InChI=1S/C18H20N4O5S/c1-28(27)16(8-11-9-20-14-5-3-2-4-13(11)14)17(24)22-15(18(25)26)7-6-12(23)10-21-19/h2-5,9-10,15-16,20H,6-8H2,1H3,(H,22,24)(H,25,26). The van der Waals surface area contributed by atoms with E-state index in [4.69, 9.17) is 5.53 Å². The van der Waals surface area contributed by atoms with Gasteiger partial charge >= 0.3 is 12.2 Å². The molecular formula is C18H20N4O5S. The second-order valence-corrected chi connectivity index (χ2v) is 7.77. The Bertz CT molecular complexity index is 964. The average molecular weight is 404 g/mol. The van der Waals surface area contributed by atoms with Gasteiger partial charge in [0.15, 0.2) is 0 Å². The fraction of sp³-hybridized carbons (Fsp3) is 0.333. The van der Waals surface area contributed by atoms with E-state index >= 15 is 0 Å². The molecule has 1 aromatic heterocycles. The molecule has 0 spiro atoms. The van der Waals surface area contributed by atoms with Crippen molar-refractivity contribution >= 4 is 45.6 Å². The van der Waals surface area contributed by atoms with Crippen molar-refractivity contribution in [3.05, 3.63) is 41.6 Å². The molecule has 1 amide bonds. The van der Waals surface area contributed by atoms with Crippen LogP contribution in [-0.2, 0) is 31.6 Å². The molecule has 10 heteroatoms. The maximum atomic E-state index is 12.6. The predicted molar refractivity (Wildman–Crippen MR) is 103 cm³/mol. The summed E-state index contributed by atoms with van der Waals surface area (Å²) in [7, 11) is -1.55. The lowest BCUT2D eigenvalue weighted by atomic mass is 10.1. The Morgan fingerprint density at radius 1 is 1.36 bits per heavy atom. The molecule has 28 heavy (non-hydrogen) atoms. The minimum absolute atomic E-state index is 0.168. The van der Waals surface area contributed by atoms with Crippen LogP contribution in [0.15, 0.2) is 30.5 Å². The molecule has 0 radical (unpaired) electrons. The number of aliphatic carboxylic acids is 1. The van der Waals surface area contributed by atoms with Gasteiger partial charge in [-0.1, -0.05) is 18.2 Å². The highest BCUT2D eigenvalue weighted by Gasteiger charge is 2.29. The Kier molecular flexibility index (Phi) is 7.36. The number of aromatic nitrogens is 1. The van der Waals surface area contributed by atoms with E-state index in [1.165, 1.54) is 6.26 Å². The Labute approximate surface area is 163 Å². The number of nitrogens with zero attached hydrogens (tertiary/aromatic N) is 2. The lowest BCUT2D eigenvalue weighted by molar-refractivity contribution is -0.142. The van der Waals surface area contributed by atoms with Gasteiger partial charge in [-0.3, -0.25) is 13.8 Å². The summed E-state index contributed by atoms with van der Waals surface area (Å²) in [4.78, 5) is 41.0. The first-order chi connectivity index (χ1) is 13.3. The summed E-state index contributed by atoms with van der Waals surface area (Å²) in [6.07, 6.45) is 3.56. The molecule has 2 aromatic rings. The van der Waals surface area contributed by atoms with Crippen LogP contribution in [0.5, 0.6) is 0 Å². The zero-order valence-corrected chi connectivity index (χ0v) is 15.9. The number of para-hydroxylation sites is 1. The normalized spacial score (nSPS) is 13.9. The number of nitrogens with one attached hydrogen (secondary N) is 2. The second-order valence-electron chi connectivity index (χ2n) is 6.20. The average Bonchev–Trinajstić information content (AvgIpc) is 3.05. The zero-order chi connectivity index (χ0) is 20.7. The summed E-state index contributed by atoms with van der Waals surface area (Å²) in [5, 5.41) is 11.6. The van der Waals surface area contributed by atoms with Gasteiger partial charge in [-0.25, -0.2) is 4.79 Å². The van der Waals surface area contributed by atoms with Gasteiger partial charge in [-0.15, -0.1) is 0 Å². The summed E-state index contributed by atoms with van der Waals surface area (Å²) in [6, 6.07) is 6.15. The van der Waals surface area contributed by atoms with E-state index in [0.717, 1.165) is 16.5 Å². The highest BCUT2D eigenvalue weighted by molar-refractivity contribution is 7.85. The van der Waals surface area contributed by atoms with Crippen molar-refractivity contribution in [2.24, 2.45) is 0 Å². The number of carbonyl (C=O) groups excluding carboxylic acids is 2. The van der Waals surface area contributed by atoms with E-state index in [1.807, 2.05) is 24.3 Å². The molecule has 0 aliphatic carbocycles. The summed E-state index contributed by atoms with van der Waals surface area (Å²) < 4.78 is 12.1. The molecule has 0 saturated heterocycles. The third-order valence-electron chi connectivity index (χ3n) is 4.27. The number of benzene rings is 1. The molecular weight excluding hydrogens is 384 g/mol. The van der Waals surface area contributed by atoms with Gasteiger partial charge in [0, 0.05) is 40.6 Å². The SMILES string of the molecule is CS(=O)C(Cc1c[nH]c2ccccc12)C(=O)NC(CCC(=O)C=[N+]=[N-])C(=O)O. The monoisotopic (exact) mass is 404 g/mol.